The highest BCUT2D eigenvalue weighted by molar-refractivity contribution is 5.97. The summed E-state index contributed by atoms with van der Waals surface area (Å²) in [7, 11) is 3.07. The van der Waals surface area contributed by atoms with Gasteiger partial charge in [0.05, 0.1) is 14.2 Å². The fraction of sp³-hybridized carbons (Fsp3) is 0.500. The number of hydrogen-bond donors (Lipinski definition) is 0. The Morgan fingerprint density at radius 1 is 1.05 bits per heavy atom. The molecule has 1 aliphatic rings. The van der Waals surface area contributed by atoms with E-state index in [9.17, 15) is 9.59 Å². The summed E-state index contributed by atoms with van der Waals surface area (Å²) in [4.78, 5) is 24.3. The summed E-state index contributed by atoms with van der Waals surface area (Å²) in [5.74, 6) is -2.67. The summed E-state index contributed by atoms with van der Waals surface area (Å²) < 4.78 is 20.7. The number of carbonyl (C=O) groups excluding carboxylic acids is 2. The predicted octanol–water partition coefficient (Wildman–Crippen LogP) is 2.26. The van der Waals surface area contributed by atoms with Crippen LogP contribution in [0.3, 0.4) is 0 Å². The SMILES string of the molecule is COc1ccc(C(C)C2C(=O)OC(C)(C)OC2=O)cc1OC. The van der Waals surface area contributed by atoms with Crippen LogP contribution in [0.4, 0.5) is 0 Å². The maximum Gasteiger partial charge on any atom is 0.324 e. The minimum Gasteiger partial charge on any atom is -0.493 e. The molecule has 1 aliphatic heterocycles. The summed E-state index contributed by atoms with van der Waals surface area (Å²) in [5.41, 5.74) is 0.760. The Morgan fingerprint density at radius 2 is 1.59 bits per heavy atom. The average molecular weight is 308 g/mol. The molecule has 1 saturated heterocycles. The van der Waals surface area contributed by atoms with Crippen LogP contribution in [-0.4, -0.2) is 31.9 Å². The maximum absolute atomic E-state index is 12.1. The summed E-state index contributed by atoms with van der Waals surface area (Å²) in [5, 5.41) is 0. The van der Waals surface area contributed by atoms with E-state index in [1.807, 2.05) is 0 Å². The number of ether oxygens (including phenoxy) is 4. The van der Waals surface area contributed by atoms with Crippen molar-refractivity contribution < 1.29 is 28.5 Å². The summed E-state index contributed by atoms with van der Waals surface area (Å²) in [6.07, 6.45) is 0. The van der Waals surface area contributed by atoms with Gasteiger partial charge in [0.25, 0.3) is 5.79 Å². The fourth-order valence-corrected chi connectivity index (χ4v) is 2.47. The molecule has 0 saturated carbocycles. The minimum absolute atomic E-state index is 0.407. The van der Waals surface area contributed by atoms with E-state index in [2.05, 4.69) is 0 Å². The van der Waals surface area contributed by atoms with E-state index in [0.717, 1.165) is 5.56 Å². The van der Waals surface area contributed by atoms with Gasteiger partial charge in [0.2, 0.25) is 0 Å². The van der Waals surface area contributed by atoms with Gasteiger partial charge in [0.15, 0.2) is 17.4 Å². The lowest BCUT2D eigenvalue weighted by Crippen LogP contribution is -2.47. The Morgan fingerprint density at radius 3 is 2.09 bits per heavy atom. The standard InChI is InChI=1S/C16H20O6/c1-9(10-6-7-11(19-4)12(8-10)20-5)13-14(17)21-16(2,3)22-15(13)18/h6-9,13H,1-5H3. The topological polar surface area (TPSA) is 71.1 Å². The zero-order valence-corrected chi connectivity index (χ0v) is 13.3. The Hall–Kier alpha value is -2.24. The zero-order valence-electron chi connectivity index (χ0n) is 13.3. The van der Waals surface area contributed by atoms with E-state index in [-0.39, 0.29) is 0 Å². The Labute approximate surface area is 129 Å². The molecule has 0 N–H and O–H groups in total. The van der Waals surface area contributed by atoms with Gasteiger partial charge in [-0.25, -0.2) is 0 Å². The van der Waals surface area contributed by atoms with Crippen molar-refractivity contribution in [3.8, 4) is 11.5 Å². The predicted molar refractivity (Wildman–Crippen MR) is 77.7 cm³/mol. The molecule has 0 aromatic heterocycles. The lowest BCUT2D eigenvalue weighted by atomic mass is 9.86. The van der Waals surface area contributed by atoms with Gasteiger partial charge in [0, 0.05) is 19.8 Å². The normalized spacial score (nSPS) is 19.1. The molecule has 2 rings (SSSR count). The molecule has 1 unspecified atom stereocenters. The molecular weight excluding hydrogens is 288 g/mol. The van der Waals surface area contributed by atoms with E-state index in [4.69, 9.17) is 18.9 Å². The number of rotatable bonds is 4. The summed E-state index contributed by atoms with van der Waals surface area (Å²) in [6.45, 7) is 4.83. The molecule has 1 aromatic carbocycles. The van der Waals surface area contributed by atoms with Crippen LogP contribution in [0.25, 0.3) is 0 Å². The van der Waals surface area contributed by atoms with Crippen molar-refractivity contribution in [3.05, 3.63) is 23.8 Å². The van der Waals surface area contributed by atoms with Crippen LogP contribution < -0.4 is 9.47 Å². The lowest BCUT2D eigenvalue weighted by Gasteiger charge is -2.35. The third-order valence-corrected chi connectivity index (χ3v) is 3.63. The highest BCUT2D eigenvalue weighted by Crippen LogP contribution is 2.36. The van der Waals surface area contributed by atoms with Gasteiger partial charge in [-0.15, -0.1) is 0 Å². The first-order chi connectivity index (χ1) is 10.3. The maximum atomic E-state index is 12.1. The molecule has 22 heavy (non-hydrogen) atoms. The molecule has 1 heterocycles. The van der Waals surface area contributed by atoms with Crippen molar-refractivity contribution in [1.82, 2.24) is 0 Å². The molecule has 6 nitrogen and oxygen atoms in total. The Balaban J connectivity index is 2.30. The van der Waals surface area contributed by atoms with Gasteiger partial charge in [-0.1, -0.05) is 13.0 Å². The van der Waals surface area contributed by atoms with E-state index in [1.54, 1.807) is 32.2 Å². The van der Waals surface area contributed by atoms with Crippen LogP contribution >= 0.6 is 0 Å². The van der Waals surface area contributed by atoms with Crippen molar-refractivity contribution in [1.29, 1.82) is 0 Å². The molecule has 6 heteroatoms. The van der Waals surface area contributed by atoms with Crippen LogP contribution in [0.5, 0.6) is 11.5 Å². The highest BCUT2D eigenvalue weighted by atomic mass is 16.7. The molecule has 1 atom stereocenters. The third kappa shape index (κ3) is 3.00. The van der Waals surface area contributed by atoms with Gasteiger partial charge < -0.3 is 18.9 Å². The number of esters is 2. The largest absolute Gasteiger partial charge is 0.493 e. The number of benzene rings is 1. The quantitative estimate of drug-likeness (QED) is 0.627. The van der Waals surface area contributed by atoms with Crippen molar-refractivity contribution in [2.24, 2.45) is 5.92 Å². The first-order valence-electron chi connectivity index (χ1n) is 6.96. The third-order valence-electron chi connectivity index (χ3n) is 3.63. The smallest absolute Gasteiger partial charge is 0.324 e. The second-order valence-electron chi connectivity index (χ2n) is 5.62. The second-order valence-corrected chi connectivity index (χ2v) is 5.62. The molecule has 1 fully saturated rings. The molecule has 0 spiro atoms. The number of methoxy groups -OCH3 is 2. The monoisotopic (exact) mass is 308 g/mol. The molecule has 0 bridgehead atoms. The van der Waals surface area contributed by atoms with Crippen molar-refractivity contribution in [2.75, 3.05) is 14.2 Å². The van der Waals surface area contributed by atoms with E-state index < -0.39 is 29.6 Å². The second kappa shape index (κ2) is 5.87. The van der Waals surface area contributed by atoms with Crippen LogP contribution in [0.2, 0.25) is 0 Å². The van der Waals surface area contributed by atoms with Crippen molar-refractivity contribution in [3.63, 3.8) is 0 Å². The summed E-state index contributed by atoms with van der Waals surface area (Å²) >= 11 is 0. The van der Waals surface area contributed by atoms with E-state index >= 15 is 0 Å². The lowest BCUT2D eigenvalue weighted by molar-refractivity contribution is -0.240. The Kier molecular flexibility index (Phi) is 4.30. The first kappa shape index (κ1) is 16.1. The highest BCUT2D eigenvalue weighted by Gasteiger charge is 2.46. The van der Waals surface area contributed by atoms with E-state index in [0.29, 0.717) is 11.5 Å². The molecule has 0 radical (unpaired) electrons. The number of cyclic esters (lactones) is 2. The van der Waals surface area contributed by atoms with Crippen LogP contribution in [0.1, 0.15) is 32.3 Å². The zero-order chi connectivity index (χ0) is 16.5. The summed E-state index contributed by atoms with van der Waals surface area (Å²) in [6, 6.07) is 5.25. The Bertz CT molecular complexity index is 572. The van der Waals surface area contributed by atoms with Crippen molar-refractivity contribution >= 4 is 11.9 Å². The van der Waals surface area contributed by atoms with Gasteiger partial charge in [-0.05, 0) is 17.7 Å². The molecular formula is C16H20O6. The van der Waals surface area contributed by atoms with Gasteiger partial charge >= 0.3 is 11.9 Å². The molecule has 120 valence electrons. The minimum atomic E-state index is -1.22. The number of hydrogen-bond acceptors (Lipinski definition) is 6. The molecule has 1 aromatic rings. The van der Waals surface area contributed by atoms with Crippen LogP contribution in [-0.2, 0) is 19.1 Å². The molecule has 0 aliphatic carbocycles. The van der Waals surface area contributed by atoms with Gasteiger partial charge in [0.1, 0.15) is 0 Å². The van der Waals surface area contributed by atoms with Crippen LogP contribution in [0, 0.1) is 5.92 Å². The van der Waals surface area contributed by atoms with Crippen LogP contribution in [0.15, 0.2) is 18.2 Å². The first-order valence-corrected chi connectivity index (χ1v) is 6.96. The van der Waals surface area contributed by atoms with E-state index in [1.165, 1.54) is 21.0 Å². The van der Waals surface area contributed by atoms with Gasteiger partial charge in [-0.3, -0.25) is 9.59 Å². The fourth-order valence-electron chi connectivity index (χ4n) is 2.47. The number of carbonyl (C=O) groups is 2. The van der Waals surface area contributed by atoms with Crippen molar-refractivity contribution in [2.45, 2.75) is 32.5 Å². The average Bonchev–Trinajstić information content (AvgIpc) is 2.44. The molecule has 0 amide bonds. The van der Waals surface area contributed by atoms with Gasteiger partial charge in [-0.2, -0.15) is 0 Å².